The molecule has 0 fully saturated rings. The molecule has 31 heavy (non-hydrogen) atoms. The first-order valence-corrected chi connectivity index (χ1v) is 10.9. The molecule has 4 rings (SSSR count). The third-order valence-electron chi connectivity index (χ3n) is 5.65. The fraction of sp³-hybridized carbons (Fsp3) is 0.259. The van der Waals surface area contributed by atoms with E-state index >= 15 is 0 Å². The molecule has 0 aliphatic carbocycles. The van der Waals surface area contributed by atoms with Crippen molar-refractivity contribution < 1.29 is 4.79 Å². The molecule has 0 saturated heterocycles. The lowest BCUT2D eigenvalue weighted by Gasteiger charge is -2.23. The Bertz CT molecular complexity index is 1220. The average molecular weight is 412 g/mol. The van der Waals surface area contributed by atoms with Gasteiger partial charge in [0.25, 0.3) is 5.91 Å². The molecular weight excluding hydrogens is 382 g/mol. The highest BCUT2D eigenvalue weighted by molar-refractivity contribution is 5.95. The molecule has 158 valence electrons. The minimum atomic E-state index is 0.0573. The van der Waals surface area contributed by atoms with Crippen molar-refractivity contribution in [1.29, 1.82) is 0 Å². The molecule has 0 bridgehead atoms. The van der Waals surface area contributed by atoms with Crippen LogP contribution in [0.1, 0.15) is 46.2 Å². The second kappa shape index (κ2) is 8.76. The van der Waals surface area contributed by atoms with E-state index in [1.165, 1.54) is 5.56 Å². The number of aromatic nitrogens is 2. The summed E-state index contributed by atoms with van der Waals surface area (Å²) in [5.74, 6) is 0.929. The Morgan fingerprint density at radius 1 is 0.935 bits per heavy atom. The third kappa shape index (κ3) is 4.24. The lowest BCUT2D eigenvalue weighted by molar-refractivity contribution is 0.0737. The van der Waals surface area contributed by atoms with E-state index in [-0.39, 0.29) is 5.91 Å². The van der Waals surface area contributed by atoms with Crippen LogP contribution in [0.2, 0.25) is 0 Å². The molecule has 0 N–H and O–H groups in total. The molecule has 0 saturated carbocycles. The van der Waals surface area contributed by atoms with Crippen LogP contribution >= 0.6 is 0 Å². The number of aryl methyl sites for hydroxylation is 3. The van der Waals surface area contributed by atoms with Crippen LogP contribution in [0.4, 0.5) is 0 Å². The van der Waals surface area contributed by atoms with Gasteiger partial charge >= 0.3 is 0 Å². The molecule has 4 aromatic rings. The zero-order valence-electron chi connectivity index (χ0n) is 18.7. The SMILES string of the molecule is CCCN(Cc1nc2ccccc2n1-c1ccc(C)cc1)C(=O)c1ccc(C)cc1C. The third-order valence-corrected chi connectivity index (χ3v) is 5.65. The molecule has 0 radical (unpaired) electrons. The molecule has 0 unspecified atom stereocenters. The maximum absolute atomic E-state index is 13.5. The van der Waals surface area contributed by atoms with Crippen molar-refractivity contribution in [2.75, 3.05) is 6.54 Å². The number of amides is 1. The Morgan fingerprint density at radius 3 is 2.35 bits per heavy atom. The van der Waals surface area contributed by atoms with Gasteiger partial charge in [-0.3, -0.25) is 9.36 Å². The number of hydrogen-bond donors (Lipinski definition) is 0. The largest absolute Gasteiger partial charge is 0.331 e. The number of nitrogens with zero attached hydrogens (tertiary/aromatic N) is 3. The van der Waals surface area contributed by atoms with Gasteiger partial charge in [0, 0.05) is 17.8 Å². The predicted molar refractivity (Wildman–Crippen MR) is 127 cm³/mol. The second-order valence-electron chi connectivity index (χ2n) is 8.23. The van der Waals surface area contributed by atoms with Crippen molar-refractivity contribution in [3.63, 3.8) is 0 Å². The molecule has 4 nitrogen and oxygen atoms in total. The van der Waals surface area contributed by atoms with E-state index in [1.807, 2.05) is 42.2 Å². The fourth-order valence-electron chi connectivity index (χ4n) is 4.08. The summed E-state index contributed by atoms with van der Waals surface area (Å²) in [5, 5.41) is 0. The fourth-order valence-corrected chi connectivity index (χ4v) is 4.08. The molecular formula is C27H29N3O. The highest BCUT2D eigenvalue weighted by Crippen LogP contribution is 2.24. The van der Waals surface area contributed by atoms with Crippen LogP contribution in [0.25, 0.3) is 16.7 Å². The minimum absolute atomic E-state index is 0.0573. The zero-order chi connectivity index (χ0) is 22.0. The van der Waals surface area contributed by atoms with Gasteiger partial charge in [0.1, 0.15) is 5.82 Å². The summed E-state index contributed by atoms with van der Waals surface area (Å²) in [5.41, 5.74) is 7.20. The van der Waals surface area contributed by atoms with Gasteiger partial charge in [-0.2, -0.15) is 0 Å². The van der Waals surface area contributed by atoms with Crippen LogP contribution in [-0.2, 0) is 6.54 Å². The summed E-state index contributed by atoms with van der Waals surface area (Å²) in [7, 11) is 0. The van der Waals surface area contributed by atoms with Crippen LogP contribution in [0.15, 0.2) is 66.7 Å². The first kappa shape index (κ1) is 20.9. The van der Waals surface area contributed by atoms with Gasteiger partial charge in [-0.05, 0) is 63.1 Å². The lowest BCUT2D eigenvalue weighted by Crippen LogP contribution is -2.32. The summed E-state index contributed by atoms with van der Waals surface area (Å²) in [4.78, 5) is 20.3. The highest BCUT2D eigenvalue weighted by Gasteiger charge is 2.21. The first-order valence-electron chi connectivity index (χ1n) is 10.9. The van der Waals surface area contributed by atoms with Crippen molar-refractivity contribution in [2.45, 2.75) is 40.7 Å². The Balaban J connectivity index is 1.77. The summed E-state index contributed by atoms with van der Waals surface area (Å²) < 4.78 is 2.17. The van der Waals surface area contributed by atoms with Crippen molar-refractivity contribution in [1.82, 2.24) is 14.5 Å². The lowest BCUT2D eigenvalue weighted by atomic mass is 10.0. The van der Waals surface area contributed by atoms with Gasteiger partial charge < -0.3 is 4.90 Å². The normalized spacial score (nSPS) is 11.1. The maximum atomic E-state index is 13.5. The smallest absolute Gasteiger partial charge is 0.254 e. The molecule has 4 heteroatoms. The van der Waals surface area contributed by atoms with Gasteiger partial charge in [-0.1, -0.05) is 54.4 Å². The van der Waals surface area contributed by atoms with Crippen molar-refractivity contribution in [3.05, 3.63) is 94.8 Å². The van der Waals surface area contributed by atoms with Crippen LogP contribution in [0.3, 0.4) is 0 Å². The number of fused-ring (bicyclic) bond motifs is 1. The first-order chi connectivity index (χ1) is 15.0. The van der Waals surface area contributed by atoms with Crippen LogP contribution in [-0.4, -0.2) is 26.9 Å². The van der Waals surface area contributed by atoms with E-state index in [4.69, 9.17) is 4.98 Å². The van der Waals surface area contributed by atoms with E-state index in [0.717, 1.165) is 45.7 Å². The molecule has 0 aliphatic rings. The molecule has 1 aromatic heterocycles. The summed E-state index contributed by atoms with van der Waals surface area (Å²) in [6, 6.07) is 22.6. The van der Waals surface area contributed by atoms with E-state index in [2.05, 4.69) is 61.7 Å². The maximum Gasteiger partial charge on any atom is 0.254 e. The second-order valence-corrected chi connectivity index (χ2v) is 8.23. The Hall–Kier alpha value is -3.40. The topological polar surface area (TPSA) is 38.1 Å². The Labute approximate surface area is 184 Å². The number of benzene rings is 3. The standard InChI is InChI=1S/C27H29N3O/c1-5-16-29(27(31)23-15-12-20(3)17-21(23)4)18-26-28-24-8-6-7-9-25(24)30(26)22-13-10-19(2)11-14-22/h6-15,17H,5,16,18H2,1-4H3. The number of rotatable bonds is 6. The van der Waals surface area contributed by atoms with Crippen LogP contribution < -0.4 is 0 Å². The average Bonchev–Trinajstić information content (AvgIpc) is 3.11. The summed E-state index contributed by atoms with van der Waals surface area (Å²) in [6.07, 6.45) is 0.890. The van der Waals surface area contributed by atoms with Gasteiger partial charge in [-0.15, -0.1) is 0 Å². The van der Waals surface area contributed by atoms with Crippen LogP contribution in [0.5, 0.6) is 0 Å². The van der Waals surface area contributed by atoms with Gasteiger partial charge in [0.15, 0.2) is 0 Å². The van der Waals surface area contributed by atoms with Gasteiger partial charge in [-0.25, -0.2) is 4.98 Å². The van der Waals surface area contributed by atoms with Crippen molar-refractivity contribution in [3.8, 4) is 5.69 Å². The van der Waals surface area contributed by atoms with E-state index < -0.39 is 0 Å². The van der Waals surface area contributed by atoms with Crippen LogP contribution in [0, 0.1) is 20.8 Å². The van der Waals surface area contributed by atoms with Gasteiger partial charge in [0.2, 0.25) is 0 Å². The monoisotopic (exact) mass is 411 g/mol. The highest BCUT2D eigenvalue weighted by atomic mass is 16.2. The number of imidazole rings is 1. The number of carbonyl (C=O) groups is 1. The summed E-state index contributed by atoms with van der Waals surface area (Å²) in [6.45, 7) is 9.39. The molecule has 1 amide bonds. The molecule has 0 aliphatic heterocycles. The van der Waals surface area contributed by atoms with Crippen molar-refractivity contribution >= 4 is 16.9 Å². The minimum Gasteiger partial charge on any atom is -0.331 e. The zero-order valence-corrected chi connectivity index (χ0v) is 18.7. The quantitative estimate of drug-likeness (QED) is 0.390. The molecule has 0 atom stereocenters. The summed E-state index contributed by atoms with van der Waals surface area (Å²) >= 11 is 0. The Morgan fingerprint density at radius 2 is 1.65 bits per heavy atom. The number of hydrogen-bond acceptors (Lipinski definition) is 2. The Kier molecular flexibility index (Phi) is 5.90. The molecule has 3 aromatic carbocycles. The van der Waals surface area contributed by atoms with Crippen molar-refractivity contribution in [2.24, 2.45) is 0 Å². The predicted octanol–water partition coefficient (Wildman–Crippen LogP) is 6.00. The van der Waals surface area contributed by atoms with Gasteiger partial charge in [0.05, 0.1) is 17.6 Å². The van der Waals surface area contributed by atoms with E-state index in [0.29, 0.717) is 13.1 Å². The van der Waals surface area contributed by atoms with E-state index in [1.54, 1.807) is 0 Å². The number of carbonyl (C=O) groups excluding carboxylic acids is 1. The molecule has 1 heterocycles. The van der Waals surface area contributed by atoms with E-state index in [9.17, 15) is 4.79 Å². The molecule has 0 spiro atoms. The number of para-hydroxylation sites is 2.